The third kappa shape index (κ3) is 2.18. The second-order valence-electron chi connectivity index (χ2n) is 6.08. The van der Waals surface area contributed by atoms with Gasteiger partial charge in [-0.3, -0.25) is 14.2 Å². The van der Waals surface area contributed by atoms with Crippen molar-refractivity contribution in [3.8, 4) is 5.95 Å². The number of anilines is 1. The van der Waals surface area contributed by atoms with E-state index in [4.69, 9.17) is 0 Å². The van der Waals surface area contributed by atoms with Gasteiger partial charge in [0.05, 0.1) is 16.6 Å². The molecule has 2 aromatic heterocycles. The third-order valence-electron chi connectivity index (χ3n) is 4.52. The Bertz CT molecular complexity index is 1200. The van der Waals surface area contributed by atoms with E-state index in [1.54, 1.807) is 59.4 Å². The van der Waals surface area contributed by atoms with Crippen LogP contribution in [0.2, 0.25) is 0 Å². The number of amides is 2. The number of hydrogen-bond donors (Lipinski definition) is 0. The van der Waals surface area contributed by atoms with Crippen molar-refractivity contribution in [3.63, 3.8) is 0 Å². The quantitative estimate of drug-likeness (QED) is 0.515. The van der Waals surface area contributed by atoms with Crippen LogP contribution in [0, 0.1) is 5.82 Å². The predicted molar refractivity (Wildman–Crippen MR) is 96.4 cm³/mol. The molecule has 2 amide bonds. The Morgan fingerprint density at radius 1 is 0.815 bits per heavy atom. The van der Waals surface area contributed by atoms with Crippen molar-refractivity contribution in [1.82, 2.24) is 14.5 Å². The van der Waals surface area contributed by atoms with Crippen LogP contribution < -0.4 is 4.90 Å². The molecule has 1 aliphatic rings. The minimum absolute atomic E-state index is 0.271. The SMILES string of the molecule is O=C1c2ccccc2C(=O)N1c1cc2cc(F)ccc2n1-c1ncccn1. The number of halogens is 1. The van der Waals surface area contributed by atoms with Crippen molar-refractivity contribution in [3.05, 3.63) is 83.9 Å². The zero-order valence-electron chi connectivity index (χ0n) is 13.8. The molecule has 5 rings (SSSR count). The lowest BCUT2D eigenvalue weighted by Gasteiger charge is -2.16. The van der Waals surface area contributed by atoms with Gasteiger partial charge in [-0.2, -0.15) is 0 Å². The van der Waals surface area contributed by atoms with Gasteiger partial charge in [0.25, 0.3) is 11.8 Å². The first-order valence-electron chi connectivity index (χ1n) is 8.21. The van der Waals surface area contributed by atoms with E-state index in [2.05, 4.69) is 9.97 Å². The fourth-order valence-corrected chi connectivity index (χ4v) is 3.35. The van der Waals surface area contributed by atoms with E-state index < -0.39 is 17.6 Å². The maximum atomic E-state index is 13.7. The van der Waals surface area contributed by atoms with Crippen LogP contribution >= 0.6 is 0 Å². The lowest BCUT2D eigenvalue weighted by atomic mass is 10.1. The zero-order chi connectivity index (χ0) is 18.5. The largest absolute Gasteiger partial charge is 0.268 e. The van der Waals surface area contributed by atoms with Crippen molar-refractivity contribution < 1.29 is 14.0 Å². The molecule has 0 fully saturated rings. The highest BCUT2D eigenvalue weighted by Gasteiger charge is 2.38. The van der Waals surface area contributed by atoms with Crippen LogP contribution in [0.3, 0.4) is 0 Å². The summed E-state index contributed by atoms with van der Waals surface area (Å²) in [5.41, 5.74) is 1.26. The fourth-order valence-electron chi connectivity index (χ4n) is 3.35. The summed E-state index contributed by atoms with van der Waals surface area (Å²) in [6.07, 6.45) is 3.12. The minimum Gasteiger partial charge on any atom is -0.268 e. The van der Waals surface area contributed by atoms with Crippen LogP contribution in [0.5, 0.6) is 0 Å². The Morgan fingerprint density at radius 2 is 1.48 bits per heavy atom. The summed E-state index contributed by atoms with van der Waals surface area (Å²) >= 11 is 0. The molecule has 0 saturated carbocycles. The Hall–Kier alpha value is -3.87. The number of benzene rings is 2. The Morgan fingerprint density at radius 3 is 2.15 bits per heavy atom. The fraction of sp³-hybridized carbons (Fsp3) is 0. The van der Waals surface area contributed by atoms with Gasteiger partial charge in [0.1, 0.15) is 11.6 Å². The van der Waals surface area contributed by atoms with Gasteiger partial charge in [-0.05, 0) is 42.5 Å². The van der Waals surface area contributed by atoms with Crippen molar-refractivity contribution in [2.75, 3.05) is 4.90 Å². The lowest BCUT2D eigenvalue weighted by Crippen LogP contribution is -2.31. The van der Waals surface area contributed by atoms with Crippen molar-refractivity contribution in [2.24, 2.45) is 0 Å². The van der Waals surface area contributed by atoms with E-state index in [0.717, 1.165) is 4.90 Å². The first kappa shape index (κ1) is 15.4. The molecule has 0 bridgehead atoms. The molecule has 0 saturated heterocycles. The summed E-state index contributed by atoms with van der Waals surface area (Å²) in [7, 11) is 0. The van der Waals surface area contributed by atoms with Crippen LogP contribution in [0.1, 0.15) is 20.7 Å². The van der Waals surface area contributed by atoms with E-state index in [0.29, 0.717) is 22.0 Å². The smallest absolute Gasteiger partial charge is 0.267 e. The molecule has 0 unspecified atom stereocenters. The summed E-state index contributed by atoms with van der Waals surface area (Å²) < 4.78 is 15.3. The Balaban J connectivity index is 1.80. The molecule has 2 aromatic carbocycles. The molecule has 7 heteroatoms. The number of imide groups is 1. The summed E-state index contributed by atoms with van der Waals surface area (Å²) in [5.74, 6) is -0.728. The number of rotatable bonds is 2. The maximum absolute atomic E-state index is 13.7. The molecule has 4 aromatic rings. The number of carbonyl (C=O) groups is 2. The number of carbonyl (C=O) groups excluding carboxylic acids is 2. The molecular weight excluding hydrogens is 347 g/mol. The van der Waals surface area contributed by atoms with E-state index >= 15 is 0 Å². The number of hydrogen-bond acceptors (Lipinski definition) is 4. The molecule has 6 nitrogen and oxygen atoms in total. The molecule has 0 atom stereocenters. The van der Waals surface area contributed by atoms with Crippen molar-refractivity contribution in [1.29, 1.82) is 0 Å². The number of nitrogens with zero attached hydrogens (tertiary/aromatic N) is 4. The minimum atomic E-state index is -0.434. The molecule has 0 spiro atoms. The molecule has 130 valence electrons. The van der Waals surface area contributed by atoms with Gasteiger partial charge in [0, 0.05) is 17.8 Å². The van der Waals surface area contributed by atoms with Gasteiger partial charge in [0.2, 0.25) is 5.95 Å². The zero-order valence-corrected chi connectivity index (χ0v) is 13.8. The van der Waals surface area contributed by atoms with Crippen molar-refractivity contribution >= 4 is 28.5 Å². The molecule has 0 aliphatic carbocycles. The summed E-state index contributed by atoms with van der Waals surface area (Å²) in [5, 5.41) is 0.536. The predicted octanol–water partition coefficient (Wildman–Crippen LogP) is 3.36. The van der Waals surface area contributed by atoms with Gasteiger partial charge < -0.3 is 0 Å². The van der Waals surface area contributed by atoms with Gasteiger partial charge in [0.15, 0.2) is 0 Å². The second-order valence-corrected chi connectivity index (χ2v) is 6.08. The van der Waals surface area contributed by atoms with E-state index in [1.807, 2.05) is 0 Å². The summed E-state index contributed by atoms with van der Waals surface area (Å²) in [6.45, 7) is 0. The molecule has 0 radical (unpaired) electrons. The van der Waals surface area contributed by atoms with E-state index in [-0.39, 0.29) is 11.8 Å². The van der Waals surface area contributed by atoms with E-state index in [9.17, 15) is 14.0 Å². The Kier molecular flexibility index (Phi) is 3.17. The van der Waals surface area contributed by atoms with Crippen LogP contribution in [-0.4, -0.2) is 26.3 Å². The van der Waals surface area contributed by atoms with Crippen molar-refractivity contribution in [2.45, 2.75) is 0 Å². The highest BCUT2D eigenvalue weighted by molar-refractivity contribution is 6.34. The Labute approximate surface area is 152 Å². The van der Waals surface area contributed by atoms with Crippen LogP contribution in [0.4, 0.5) is 10.2 Å². The second kappa shape index (κ2) is 5.57. The maximum Gasteiger partial charge on any atom is 0.267 e. The van der Waals surface area contributed by atoms with E-state index in [1.165, 1.54) is 12.1 Å². The lowest BCUT2D eigenvalue weighted by molar-refractivity contribution is 0.0924. The highest BCUT2D eigenvalue weighted by Crippen LogP contribution is 2.34. The number of aromatic nitrogens is 3. The highest BCUT2D eigenvalue weighted by atomic mass is 19.1. The molecule has 3 heterocycles. The van der Waals surface area contributed by atoms with Gasteiger partial charge in [-0.1, -0.05) is 12.1 Å². The molecule has 27 heavy (non-hydrogen) atoms. The summed E-state index contributed by atoms with van der Waals surface area (Å²) in [6, 6.07) is 14.1. The van der Waals surface area contributed by atoms with Gasteiger partial charge >= 0.3 is 0 Å². The number of fused-ring (bicyclic) bond motifs is 2. The van der Waals surface area contributed by atoms with Gasteiger partial charge in [-0.15, -0.1) is 0 Å². The average Bonchev–Trinajstić information content (AvgIpc) is 3.17. The topological polar surface area (TPSA) is 68.1 Å². The molecular formula is C20H11FN4O2. The first-order valence-corrected chi connectivity index (χ1v) is 8.21. The first-order chi connectivity index (χ1) is 13.1. The van der Waals surface area contributed by atoms with Crippen LogP contribution in [-0.2, 0) is 0 Å². The molecule has 0 N–H and O–H groups in total. The monoisotopic (exact) mass is 358 g/mol. The van der Waals surface area contributed by atoms with Crippen LogP contribution in [0.25, 0.3) is 16.9 Å². The molecule has 1 aliphatic heterocycles. The standard InChI is InChI=1S/C20H11FN4O2/c21-13-6-7-16-12(10-13)11-17(24(16)20-22-8-3-9-23-20)25-18(26)14-4-1-2-5-15(14)19(25)27/h1-11H. The average molecular weight is 358 g/mol. The third-order valence-corrected chi connectivity index (χ3v) is 4.52. The summed E-state index contributed by atoms with van der Waals surface area (Å²) in [4.78, 5) is 35.4. The van der Waals surface area contributed by atoms with Crippen LogP contribution in [0.15, 0.2) is 67.0 Å². The van der Waals surface area contributed by atoms with Gasteiger partial charge in [-0.25, -0.2) is 19.3 Å². The normalized spacial score (nSPS) is 13.4.